The third-order valence-electron chi connectivity index (χ3n) is 5.29. The van der Waals surface area contributed by atoms with Crippen molar-refractivity contribution in [2.24, 2.45) is 0 Å². The number of esters is 1. The van der Waals surface area contributed by atoms with Crippen LogP contribution in [0.15, 0.2) is 36.4 Å². The number of hydrogen-bond acceptors (Lipinski definition) is 4. The maximum absolute atomic E-state index is 12.4. The summed E-state index contributed by atoms with van der Waals surface area (Å²) in [6.45, 7) is 0.537. The van der Waals surface area contributed by atoms with Gasteiger partial charge in [-0.05, 0) is 49.4 Å². The third kappa shape index (κ3) is 3.08. The quantitative estimate of drug-likeness (QED) is 0.523. The molecule has 5 nitrogen and oxygen atoms in total. The number of rotatable bonds is 3. The zero-order valence-electron chi connectivity index (χ0n) is 15.4. The van der Waals surface area contributed by atoms with Crippen LogP contribution in [-0.2, 0) is 24.1 Å². The third-order valence-corrected chi connectivity index (χ3v) is 5.29. The van der Waals surface area contributed by atoms with Crippen molar-refractivity contribution >= 4 is 16.9 Å². The van der Waals surface area contributed by atoms with Crippen LogP contribution < -0.4 is 0 Å². The van der Waals surface area contributed by atoms with E-state index in [1.165, 1.54) is 24.8 Å². The second kappa shape index (κ2) is 7.24. The lowest BCUT2D eigenvalue weighted by atomic mass is 10.0. The lowest BCUT2D eigenvalue weighted by molar-refractivity contribution is 0.0602. The molecule has 0 saturated heterocycles. The number of methoxy groups -OCH3 is 1. The zero-order valence-corrected chi connectivity index (χ0v) is 15.4. The first kappa shape index (κ1) is 17.3. The van der Waals surface area contributed by atoms with Crippen molar-refractivity contribution in [3.05, 3.63) is 64.6 Å². The number of nitriles is 1. The average molecular weight is 359 g/mol. The number of carbonyl (C=O) groups is 1. The number of para-hydroxylation sites is 1. The Labute approximate surface area is 158 Å². The molecule has 1 aromatic carbocycles. The fourth-order valence-electron chi connectivity index (χ4n) is 4.11. The van der Waals surface area contributed by atoms with Crippen LogP contribution in [0.3, 0.4) is 0 Å². The number of aryl methyl sites for hydroxylation is 1. The number of benzene rings is 1. The molecule has 3 aromatic rings. The molecule has 0 bridgehead atoms. The smallest absolute Gasteiger partial charge is 0.340 e. The molecular formula is C22H21N3O2. The summed E-state index contributed by atoms with van der Waals surface area (Å²) in [5, 5.41) is 10.3. The molecule has 27 heavy (non-hydrogen) atoms. The fraction of sp³-hybridized carbons (Fsp3) is 0.318. The van der Waals surface area contributed by atoms with Crippen LogP contribution in [0.4, 0.5) is 0 Å². The van der Waals surface area contributed by atoms with E-state index < -0.39 is 0 Å². The van der Waals surface area contributed by atoms with E-state index >= 15 is 0 Å². The van der Waals surface area contributed by atoms with Gasteiger partial charge in [-0.3, -0.25) is 0 Å². The highest BCUT2D eigenvalue weighted by atomic mass is 16.5. The Morgan fingerprint density at radius 2 is 2.00 bits per heavy atom. The maximum atomic E-state index is 12.4. The highest BCUT2D eigenvalue weighted by Crippen LogP contribution is 2.34. The van der Waals surface area contributed by atoms with Gasteiger partial charge in [-0.25, -0.2) is 9.78 Å². The summed E-state index contributed by atoms with van der Waals surface area (Å²) in [6.07, 6.45) is 5.53. The second-order valence-electron chi connectivity index (χ2n) is 6.89. The van der Waals surface area contributed by atoms with Gasteiger partial charge in [0, 0.05) is 11.1 Å². The number of aromatic nitrogens is 2. The van der Waals surface area contributed by atoms with E-state index in [4.69, 9.17) is 10.00 Å². The van der Waals surface area contributed by atoms with Crippen LogP contribution in [0.1, 0.15) is 52.3 Å². The van der Waals surface area contributed by atoms with E-state index in [0.29, 0.717) is 17.8 Å². The van der Waals surface area contributed by atoms with E-state index in [1.807, 2.05) is 24.3 Å². The first-order valence-corrected chi connectivity index (χ1v) is 9.30. The molecule has 0 aliphatic heterocycles. The molecule has 5 heteroatoms. The second-order valence-corrected chi connectivity index (χ2v) is 6.89. The molecule has 1 aliphatic carbocycles. The van der Waals surface area contributed by atoms with Gasteiger partial charge in [0.1, 0.15) is 11.8 Å². The predicted molar refractivity (Wildman–Crippen MR) is 103 cm³/mol. The van der Waals surface area contributed by atoms with E-state index in [1.54, 1.807) is 6.07 Å². The van der Waals surface area contributed by atoms with Crippen LogP contribution in [0.2, 0.25) is 0 Å². The van der Waals surface area contributed by atoms with E-state index in [2.05, 4.69) is 21.7 Å². The minimum atomic E-state index is -0.326. The van der Waals surface area contributed by atoms with E-state index in [9.17, 15) is 4.79 Å². The van der Waals surface area contributed by atoms with Gasteiger partial charge < -0.3 is 9.30 Å². The highest BCUT2D eigenvalue weighted by Gasteiger charge is 2.23. The minimum Gasteiger partial charge on any atom is -0.465 e. The van der Waals surface area contributed by atoms with Crippen molar-refractivity contribution in [3.63, 3.8) is 0 Å². The fourth-order valence-corrected chi connectivity index (χ4v) is 4.11. The number of hydrogen-bond donors (Lipinski definition) is 0. The Hall–Kier alpha value is -3.13. The van der Waals surface area contributed by atoms with Gasteiger partial charge in [-0.15, -0.1) is 0 Å². The van der Waals surface area contributed by atoms with Gasteiger partial charge in [0.15, 0.2) is 0 Å². The molecule has 0 saturated carbocycles. The Kier molecular flexibility index (Phi) is 4.64. The summed E-state index contributed by atoms with van der Waals surface area (Å²) in [5.41, 5.74) is 5.34. The van der Waals surface area contributed by atoms with Gasteiger partial charge in [0.25, 0.3) is 0 Å². The molecule has 136 valence electrons. The number of fused-ring (bicyclic) bond motifs is 3. The Morgan fingerprint density at radius 1 is 1.19 bits per heavy atom. The number of pyridine rings is 1. The van der Waals surface area contributed by atoms with Gasteiger partial charge in [-0.1, -0.05) is 24.6 Å². The van der Waals surface area contributed by atoms with Crippen molar-refractivity contribution < 1.29 is 9.53 Å². The van der Waals surface area contributed by atoms with Gasteiger partial charge in [-0.2, -0.15) is 5.26 Å². The Morgan fingerprint density at radius 3 is 2.81 bits per heavy atom. The summed E-state index contributed by atoms with van der Waals surface area (Å²) < 4.78 is 7.25. The number of carbonyl (C=O) groups excluding carboxylic acids is 1. The zero-order chi connectivity index (χ0) is 18.8. The lowest BCUT2D eigenvalue weighted by Crippen LogP contribution is -2.10. The summed E-state index contributed by atoms with van der Waals surface area (Å²) >= 11 is 0. The molecule has 1 aliphatic rings. The van der Waals surface area contributed by atoms with Crippen LogP contribution in [0.25, 0.3) is 10.9 Å². The molecule has 4 rings (SSSR count). The van der Waals surface area contributed by atoms with E-state index in [0.717, 1.165) is 42.3 Å². The molecule has 0 N–H and O–H groups in total. The normalized spacial score (nSPS) is 13.6. The molecule has 0 radical (unpaired) electrons. The van der Waals surface area contributed by atoms with Crippen LogP contribution >= 0.6 is 0 Å². The topological polar surface area (TPSA) is 67.9 Å². The molecule has 0 atom stereocenters. The van der Waals surface area contributed by atoms with Crippen molar-refractivity contribution in [3.8, 4) is 6.07 Å². The molecule has 0 amide bonds. The molecule has 0 unspecified atom stereocenters. The monoisotopic (exact) mass is 359 g/mol. The largest absolute Gasteiger partial charge is 0.465 e. The summed E-state index contributed by atoms with van der Waals surface area (Å²) in [5.74, 6) is -0.326. The first-order valence-electron chi connectivity index (χ1n) is 9.30. The average Bonchev–Trinajstić information content (AvgIpc) is 2.86. The molecular weight excluding hydrogens is 338 g/mol. The van der Waals surface area contributed by atoms with Crippen molar-refractivity contribution in [2.75, 3.05) is 7.11 Å². The minimum absolute atomic E-state index is 0.326. The SMILES string of the molecule is COC(=O)c1cccc2c3c(n(Cc4cccc(C#N)n4)c12)CCCCC3. The van der Waals surface area contributed by atoms with Gasteiger partial charge in [0.05, 0.1) is 30.4 Å². The maximum Gasteiger partial charge on any atom is 0.340 e. The standard InChI is InChI=1S/C22H21N3O2/c1-27-22(26)19-11-6-10-18-17-9-3-2-4-12-20(17)25(21(18)19)14-16-8-5-7-15(13-23)24-16/h5-8,10-11H,2-4,9,12,14H2,1H3. The Bertz CT molecular complexity index is 1060. The highest BCUT2D eigenvalue weighted by molar-refractivity contribution is 6.04. The van der Waals surface area contributed by atoms with E-state index in [-0.39, 0.29) is 5.97 Å². The lowest BCUT2D eigenvalue weighted by Gasteiger charge is -2.12. The molecule has 2 heterocycles. The summed E-state index contributed by atoms with van der Waals surface area (Å²) in [4.78, 5) is 16.9. The number of nitrogens with zero attached hydrogens (tertiary/aromatic N) is 3. The summed E-state index contributed by atoms with van der Waals surface area (Å²) in [7, 11) is 1.41. The van der Waals surface area contributed by atoms with Crippen LogP contribution in [0.5, 0.6) is 0 Å². The van der Waals surface area contributed by atoms with Gasteiger partial charge >= 0.3 is 5.97 Å². The first-order chi connectivity index (χ1) is 13.2. The van der Waals surface area contributed by atoms with Crippen molar-refractivity contribution in [1.29, 1.82) is 5.26 Å². The molecule has 0 fully saturated rings. The Balaban J connectivity index is 1.95. The van der Waals surface area contributed by atoms with Crippen LogP contribution in [0, 0.1) is 11.3 Å². The molecule has 0 spiro atoms. The van der Waals surface area contributed by atoms with Crippen LogP contribution in [-0.4, -0.2) is 22.6 Å². The van der Waals surface area contributed by atoms with Crippen molar-refractivity contribution in [1.82, 2.24) is 9.55 Å². The summed E-state index contributed by atoms with van der Waals surface area (Å²) in [6, 6.07) is 13.4. The van der Waals surface area contributed by atoms with Gasteiger partial charge in [0.2, 0.25) is 0 Å². The molecule has 2 aromatic heterocycles. The van der Waals surface area contributed by atoms with Crippen molar-refractivity contribution in [2.45, 2.75) is 38.6 Å². The predicted octanol–water partition coefficient (Wildman–Crippen LogP) is 4.01. The number of ether oxygens (including phenoxy) is 1.